The summed E-state index contributed by atoms with van der Waals surface area (Å²) < 4.78 is 13.0. The normalized spacial score (nSPS) is 34.1. The predicted molar refractivity (Wildman–Crippen MR) is 230 cm³/mol. The Labute approximate surface area is 326 Å². The Morgan fingerprint density at radius 3 is 1.80 bits per heavy atom. The van der Waals surface area contributed by atoms with Crippen molar-refractivity contribution in [1.29, 1.82) is 0 Å². The van der Waals surface area contributed by atoms with Gasteiger partial charge in [-0.05, 0) is 136 Å². The van der Waals surface area contributed by atoms with Gasteiger partial charge in [0.05, 0.1) is 24.4 Å². The Kier molecular flexibility index (Phi) is 13.7. The molecule has 0 saturated heterocycles. The van der Waals surface area contributed by atoms with Crippen LogP contribution in [0.2, 0.25) is 36.3 Å². The second kappa shape index (κ2) is 15.8. The summed E-state index contributed by atoms with van der Waals surface area (Å²) in [7, 11) is -3.84. The first-order valence-electron chi connectivity index (χ1n) is 20.6. The molecule has 0 bridgehead atoms. The summed E-state index contributed by atoms with van der Waals surface area (Å²) in [5.41, 5.74) is 2.41. The van der Waals surface area contributed by atoms with E-state index in [0.29, 0.717) is 35.0 Å². The van der Waals surface area contributed by atoms with E-state index in [4.69, 9.17) is 8.85 Å². The van der Waals surface area contributed by atoms with E-state index in [9.17, 15) is 10.2 Å². The highest BCUT2D eigenvalue weighted by Gasteiger charge is 2.58. The van der Waals surface area contributed by atoms with Crippen molar-refractivity contribution < 1.29 is 19.1 Å². The molecule has 0 heterocycles. The van der Waals surface area contributed by atoms with Gasteiger partial charge in [0.15, 0.2) is 16.6 Å². The van der Waals surface area contributed by atoms with Gasteiger partial charge in [0.2, 0.25) is 0 Å². The molecule has 51 heavy (non-hydrogen) atoms. The van der Waals surface area contributed by atoms with Crippen LogP contribution in [0.5, 0.6) is 0 Å². The van der Waals surface area contributed by atoms with Crippen LogP contribution in [-0.2, 0) is 8.85 Å². The summed E-state index contributed by atoms with van der Waals surface area (Å²) in [5, 5.41) is 24.2. The smallest absolute Gasteiger partial charge is 0.192 e. The van der Waals surface area contributed by atoms with E-state index >= 15 is 0 Å². The highest BCUT2D eigenvalue weighted by molar-refractivity contribution is 8.00. The van der Waals surface area contributed by atoms with Crippen molar-refractivity contribution in [3.8, 4) is 0 Å². The first kappa shape index (κ1) is 44.2. The van der Waals surface area contributed by atoms with Gasteiger partial charge < -0.3 is 19.1 Å². The van der Waals surface area contributed by atoms with Crippen LogP contribution in [0, 0.1) is 28.6 Å². The molecule has 4 rings (SSSR count). The number of hydrogen-bond donors (Lipinski definition) is 2. The fourth-order valence-electron chi connectivity index (χ4n) is 9.27. The third kappa shape index (κ3) is 9.71. The summed E-state index contributed by atoms with van der Waals surface area (Å²) in [6, 6.07) is 0. The molecule has 0 amide bonds. The van der Waals surface area contributed by atoms with Gasteiger partial charge in [0.1, 0.15) is 0 Å². The summed E-state index contributed by atoms with van der Waals surface area (Å²) in [5.74, 6) is 4.12. The van der Waals surface area contributed by atoms with Crippen LogP contribution in [0.1, 0.15) is 134 Å². The van der Waals surface area contributed by atoms with Gasteiger partial charge >= 0.3 is 0 Å². The number of fused-ring (bicyclic) bond motifs is 5. The average molecular weight is 781 g/mol. The van der Waals surface area contributed by atoms with Crippen LogP contribution in [0.15, 0.2) is 23.3 Å². The number of hydrogen-bond acceptors (Lipinski definition) is 6. The molecule has 0 radical (unpaired) electrons. The SMILES string of the molecule is CC[C@H]1CC[C@H]2C3=CC=C4CC(SCCC(C)(O)CO[Si](C)(C)C(C)(C)C)CC(SCCC(C)(O)CO[Si](C)(C)C(C)(C)C)[C@]4(C)[C@H]3CC[C@]12C. The third-order valence-corrected chi connectivity index (χ3v) is 27.1. The molecule has 4 aliphatic carbocycles. The largest absolute Gasteiger partial charge is 0.414 e. The fraction of sp³-hybridized carbons (Fsp3) is 0.907. The maximum atomic E-state index is 11.5. The van der Waals surface area contributed by atoms with Gasteiger partial charge in [-0.2, -0.15) is 23.5 Å². The van der Waals surface area contributed by atoms with Crippen LogP contribution in [0.25, 0.3) is 0 Å². The van der Waals surface area contributed by atoms with E-state index in [-0.39, 0.29) is 15.5 Å². The van der Waals surface area contributed by atoms with Gasteiger partial charge in [-0.25, -0.2) is 0 Å². The van der Waals surface area contributed by atoms with Crippen LogP contribution >= 0.6 is 23.5 Å². The van der Waals surface area contributed by atoms with Crippen molar-refractivity contribution in [1.82, 2.24) is 0 Å². The lowest BCUT2D eigenvalue weighted by molar-refractivity contribution is 0.00441. The number of aliphatic hydroxyl groups is 2. The van der Waals surface area contributed by atoms with Gasteiger partial charge in [-0.3, -0.25) is 0 Å². The minimum Gasteiger partial charge on any atom is -0.414 e. The molecule has 0 aromatic heterocycles. The van der Waals surface area contributed by atoms with Crippen molar-refractivity contribution >= 4 is 40.2 Å². The molecule has 3 fully saturated rings. The molecule has 0 aromatic carbocycles. The zero-order valence-electron chi connectivity index (χ0n) is 35.8. The van der Waals surface area contributed by atoms with Crippen molar-refractivity contribution in [3.05, 3.63) is 23.3 Å². The summed E-state index contributed by atoms with van der Waals surface area (Å²) in [6.45, 7) is 35.2. The first-order valence-corrected chi connectivity index (χ1v) is 28.5. The standard InChI is InChI=1S/C43H80O4S2Si2/c1-16-31-18-20-35-34-19-17-32-27-33(48-25-23-40(8,44)29-46-50(12,13)38(2,3)4)28-37(43(32,11)36(34)21-22-42(31,35)10)49-26-24-41(9,45)30-47-51(14,15)39(5,6)7/h17,19,31,33,35-37,44-45H,16,18,20-30H2,1-15H3/t31-,33?,35-,36-,37?,40?,41?,42+,43-/m0/s1. The first-order chi connectivity index (χ1) is 23.2. The Hall–Kier alpha value is 0.454. The molecule has 4 aliphatic rings. The third-order valence-electron chi connectivity index (χ3n) is 15.3. The Morgan fingerprint density at radius 1 is 0.765 bits per heavy atom. The molecule has 4 nitrogen and oxygen atoms in total. The van der Waals surface area contributed by atoms with Crippen LogP contribution < -0.4 is 0 Å². The zero-order valence-corrected chi connectivity index (χ0v) is 39.4. The van der Waals surface area contributed by atoms with E-state index in [1.807, 2.05) is 13.8 Å². The van der Waals surface area contributed by atoms with Crippen molar-refractivity contribution in [3.63, 3.8) is 0 Å². The van der Waals surface area contributed by atoms with Gasteiger partial charge in [0, 0.05) is 15.9 Å². The van der Waals surface area contributed by atoms with Gasteiger partial charge in [0.25, 0.3) is 0 Å². The monoisotopic (exact) mass is 781 g/mol. The van der Waals surface area contributed by atoms with E-state index < -0.39 is 27.8 Å². The van der Waals surface area contributed by atoms with Crippen molar-refractivity contribution in [2.75, 3.05) is 24.7 Å². The summed E-state index contributed by atoms with van der Waals surface area (Å²) in [4.78, 5) is 0. The number of thioether (sulfide) groups is 2. The van der Waals surface area contributed by atoms with Crippen LogP contribution in [0.3, 0.4) is 0 Å². The van der Waals surface area contributed by atoms with Crippen molar-refractivity contribution in [2.24, 2.45) is 28.6 Å². The maximum absolute atomic E-state index is 11.5. The predicted octanol–water partition coefficient (Wildman–Crippen LogP) is 12.0. The lowest BCUT2D eigenvalue weighted by Crippen LogP contribution is -2.51. The number of rotatable bonds is 15. The quantitative estimate of drug-likeness (QED) is 0.161. The lowest BCUT2D eigenvalue weighted by Gasteiger charge is -2.57. The summed E-state index contributed by atoms with van der Waals surface area (Å²) in [6.07, 6.45) is 15.8. The molecule has 8 heteroatoms. The number of allylic oxidation sites excluding steroid dienone is 4. The highest BCUT2D eigenvalue weighted by Crippen LogP contribution is 2.67. The van der Waals surface area contributed by atoms with E-state index in [0.717, 1.165) is 42.6 Å². The van der Waals surface area contributed by atoms with Gasteiger partial charge in [-0.15, -0.1) is 0 Å². The Bertz CT molecular complexity index is 1260. The topological polar surface area (TPSA) is 58.9 Å². The maximum Gasteiger partial charge on any atom is 0.192 e. The molecule has 9 atom stereocenters. The fourth-order valence-corrected chi connectivity index (χ4v) is 15.0. The molecule has 0 aliphatic heterocycles. The Morgan fingerprint density at radius 2 is 1.29 bits per heavy atom. The molecule has 4 unspecified atom stereocenters. The van der Waals surface area contributed by atoms with E-state index in [1.54, 1.807) is 11.1 Å². The minimum atomic E-state index is -1.93. The molecule has 2 N–H and O–H groups in total. The molecule has 0 aromatic rings. The summed E-state index contributed by atoms with van der Waals surface area (Å²) >= 11 is 4.22. The molecular formula is C43H80O4S2Si2. The molecule has 3 saturated carbocycles. The van der Waals surface area contributed by atoms with Crippen LogP contribution in [0.4, 0.5) is 0 Å². The molecule has 296 valence electrons. The molecular weight excluding hydrogens is 701 g/mol. The highest BCUT2D eigenvalue weighted by atomic mass is 32.2. The van der Waals surface area contributed by atoms with E-state index in [1.165, 1.54) is 38.5 Å². The lowest BCUT2D eigenvalue weighted by atomic mass is 9.50. The average Bonchev–Trinajstić information content (AvgIpc) is 3.35. The molecule has 0 spiro atoms. The second-order valence-electron chi connectivity index (χ2n) is 21.4. The van der Waals surface area contributed by atoms with Crippen molar-refractivity contribution in [2.45, 2.75) is 192 Å². The van der Waals surface area contributed by atoms with Crippen LogP contribution in [-0.4, -0.2) is 73.3 Å². The zero-order chi connectivity index (χ0) is 38.5. The van der Waals surface area contributed by atoms with Gasteiger partial charge in [-0.1, -0.05) is 92.0 Å². The Balaban J connectivity index is 1.49. The van der Waals surface area contributed by atoms with E-state index in [2.05, 4.69) is 124 Å². The minimum absolute atomic E-state index is 0.133. The second-order valence-corrected chi connectivity index (χ2v) is 33.7.